The minimum Gasteiger partial charge on any atom is -0.451 e. The fourth-order valence-electron chi connectivity index (χ4n) is 5.71. The lowest BCUT2D eigenvalue weighted by molar-refractivity contribution is -0.0658. The quantitative estimate of drug-likeness (QED) is 0.357. The summed E-state index contributed by atoms with van der Waals surface area (Å²) in [6.45, 7) is 4.74. The van der Waals surface area contributed by atoms with E-state index in [4.69, 9.17) is 19.0 Å². The Morgan fingerprint density at radius 3 is 2.72 bits per heavy atom. The van der Waals surface area contributed by atoms with Crippen molar-refractivity contribution in [3.05, 3.63) is 63.1 Å². The average molecular weight is 603 g/mol. The Labute approximate surface area is 245 Å². The summed E-state index contributed by atoms with van der Waals surface area (Å²) in [5, 5.41) is 6.66. The van der Waals surface area contributed by atoms with E-state index in [0.717, 1.165) is 11.8 Å². The lowest BCUT2D eigenvalue weighted by atomic mass is 9.84. The first kappa shape index (κ1) is 30.0. The molecule has 1 fully saturated rings. The van der Waals surface area contributed by atoms with Crippen LogP contribution < -0.4 is 15.5 Å². The van der Waals surface area contributed by atoms with Crippen LogP contribution in [0, 0.1) is 11.6 Å². The first-order chi connectivity index (χ1) is 20.5. The molecule has 0 aliphatic carbocycles. The maximum absolute atomic E-state index is 14.2. The van der Waals surface area contributed by atoms with E-state index in [9.17, 15) is 28.0 Å². The van der Waals surface area contributed by atoms with Crippen molar-refractivity contribution < 1.29 is 42.2 Å². The number of fused-ring (bicyclic) bond motifs is 5. The number of rotatable bonds is 8. The van der Waals surface area contributed by atoms with Gasteiger partial charge < -0.3 is 33.8 Å². The number of aromatic nitrogens is 1. The van der Waals surface area contributed by atoms with Gasteiger partial charge in [0.1, 0.15) is 17.2 Å². The van der Waals surface area contributed by atoms with Gasteiger partial charge in [0.2, 0.25) is 18.0 Å². The molecule has 0 radical (unpaired) electrons. The largest absolute Gasteiger partial charge is 0.511 e. The summed E-state index contributed by atoms with van der Waals surface area (Å²) in [7, 11) is 0. The highest BCUT2D eigenvalue weighted by Crippen LogP contribution is 2.46. The molecule has 12 nitrogen and oxygen atoms in total. The third-order valence-electron chi connectivity index (χ3n) is 7.93. The number of nitrogens with one attached hydrogen (secondary N) is 1. The van der Waals surface area contributed by atoms with Crippen molar-refractivity contribution in [2.24, 2.45) is 5.16 Å². The molecule has 1 aromatic heterocycles. The molecule has 230 valence electrons. The fourth-order valence-corrected chi connectivity index (χ4v) is 5.71. The Hall–Kier alpha value is -4.49. The smallest absolute Gasteiger partial charge is 0.451 e. The van der Waals surface area contributed by atoms with Crippen molar-refractivity contribution in [1.29, 1.82) is 0 Å². The lowest BCUT2D eigenvalue weighted by Crippen LogP contribution is -2.52. The molecular weight excluding hydrogens is 570 g/mol. The molecule has 2 amide bonds. The molecule has 0 saturated carbocycles. The minimum atomic E-state index is -1.03. The zero-order valence-corrected chi connectivity index (χ0v) is 24.0. The SMILES string of the molecule is CCCOC(=O)OCOc1c2n(cc(C(=O)NCc3ccc(F)cc3F)c1=O)[C@@H]1CN(C2=O)[C@@H](C)CC[C@]12CC(C)=NO2. The summed E-state index contributed by atoms with van der Waals surface area (Å²) in [6.07, 6.45) is 2.40. The molecule has 1 saturated heterocycles. The Kier molecular flexibility index (Phi) is 8.38. The third-order valence-corrected chi connectivity index (χ3v) is 7.93. The van der Waals surface area contributed by atoms with E-state index in [1.807, 2.05) is 13.8 Å². The number of carbonyl (C=O) groups is 3. The number of hydrogen-bond acceptors (Lipinski definition) is 9. The van der Waals surface area contributed by atoms with Crippen LogP contribution >= 0.6 is 0 Å². The number of ether oxygens (including phenoxy) is 3. The van der Waals surface area contributed by atoms with Crippen LogP contribution in [0.2, 0.25) is 0 Å². The third kappa shape index (κ3) is 5.77. The van der Waals surface area contributed by atoms with Gasteiger partial charge in [-0.2, -0.15) is 0 Å². The van der Waals surface area contributed by atoms with E-state index in [0.29, 0.717) is 31.7 Å². The number of carbonyl (C=O) groups excluding carboxylic acids is 3. The van der Waals surface area contributed by atoms with Crippen molar-refractivity contribution in [3.63, 3.8) is 0 Å². The van der Waals surface area contributed by atoms with Crippen molar-refractivity contribution in [2.45, 2.75) is 70.7 Å². The van der Waals surface area contributed by atoms with Gasteiger partial charge in [0, 0.05) is 43.4 Å². The number of amides is 2. The molecule has 5 rings (SSSR count). The second-order valence-corrected chi connectivity index (χ2v) is 10.9. The number of nitrogens with zero attached hydrogens (tertiary/aromatic N) is 3. The predicted molar refractivity (Wildman–Crippen MR) is 147 cm³/mol. The molecule has 3 atom stereocenters. The fraction of sp³-hybridized carbons (Fsp3) is 0.483. The molecule has 3 aliphatic rings. The molecule has 4 heterocycles. The van der Waals surface area contributed by atoms with Gasteiger partial charge in [-0.15, -0.1) is 0 Å². The monoisotopic (exact) mass is 602 g/mol. The molecule has 14 heteroatoms. The number of benzene rings is 1. The summed E-state index contributed by atoms with van der Waals surface area (Å²) in [5.41, 5.74) is -1.58. The molecule has 3 aliphatic heterocycles. The van der Waals surface area contributed by atoms with Crippen LogP contribution in [0.25, 0.3) is 0 Å². The van der Waals surface area contributed by atoms with Crippen LogP contribution in [0.15, 0.2) is 34.3 Å². The highest BCUT2D eigenvalue weighted by Gasteiger charge is 2.54. The van der Waals surface area contributed by atoms with Crippen LogP contribution in [0.3, 0.4) is 0 Å². The highest BCUT2D eigenvalue weighted by atomic mass is 19.1. The van der Waals surface area contributed by atoms with Gasteiger partial charge in [-0.25, -0.2) is 13.6 Å². The molecule has 43 heavy (non-hydrogen) atoms. The van der Waals surface area contributed by atoms with Crippen LogP contribution in [-0.2, 0) is 20.9 Å². The van der Waals surface area contributed by atoms with Crippen LogP contribution in [0.4, 0.5) is 13.6 Å². The summed E-state index contributed by atoms with van der Waals surface area (Å²) in [4.78, 5) is 60.5. The second-order valence-electron chi connectivity index (χ2n) is 10.9. The van der Waals surface area contributed by atoms with Crippen molar-refractivity contribution in [2.75, 3.05) is 19.9 Å². The van der Waals surface area contributed by atoms with Gasteiger partial charge in [-0.3, -0.25) is 14.4 Å². The Morgan fingerprint density at radius 2 is 2.02 bits per heavy atom. The first-order valence-corrected chi connectivity index (χ1v) is 14.0. The van der Waals surface area contributed by atoms with Gasteiger partial charge in [0.25, 0.3) is 11.8 Å². The van der Waals surface area contributed by atoms with E-state index in [2.05, 4.69) is 10.5 Å². The molecule has 1 aromatic carbocycles. The van der Waals surface area contributed by atoms with Gasteiger partial charge in [0.05, 0.1) is 18.4 Å². The number of oxime groups is 1. The predicted octanol–water partition coefficient (Wildman–Crippen LogP) is 3.67. The lowest BCUT2D eigenvalue weighted by Gasteiger charge is -2.42. The van der Waals surface area contributed by atoms with Crippen molar-refractivity contribution in [3.8, 4) is 5.75 Å². The van der Waals surface area contributed by atoms with Gasteiger partial charge in [-0.05, 0) is 39.2 Å². The summed E-state index contributed by atoms with van der Waals surface area (Å²) < 4.78 is 44.5. The maximum atomic E-state index is 14.2. The Bertz CT molecular complexity index is 1540. The number of pyridine rings is 1. The molecular formula is C29H32F2N4O8. The van der Waals surface area contributed by atoms with Gasteiger partial charge in [-0.1, -0.05) is 18.1 Å². The maximum Gasteiger partial charge on any atom is 0.511 e. The topological polar surface area (TPSA) is 138 Å². The van der Waals surface area contributed by atoms with Crippen molar-refractivity contribution in [1.82, 2.24) is 14.8 Å². The normalized spacial score (nSPS) is 22.3. The molecule has 2 bridgehead atoms. The number of hydrogen-bond donors (Lipinski definition) is 1. The Morgan fingerprint density at radius 1 is 1.23 bits per heavy atom. The zero-order valence-electron chi connectivity index (χ0n) is 24.0. The summed E-state index contributed by atoms with van der Waals surface area (Å²) in [5.74, 6) is -3.53. The second kappa shape index (κ2) is 12.0. The van der Waals surface area contributed by atoms with Gasteiger partial charge in [0.15, 0.2) is 11.3 Å². The standard InChI is InChI=1S/C29H32F2N4O8/c1-4-9-40-28(39)42-15-41-25-23-27(38)34-14-22(29(8-7-17(34)3)11-16(2)33-43-29)35(23)13-20(24(25)36)26(37)32-12-18-5-6-19(30)10-21(18)31/h5-6,10,13,17,22H,4,7-9,11-12,14-15H2,1-3H3,(H,32,37)/t17-,22+,29-/m0/s1. The summed E-state index contributed by atoms with van der Waals surface area (Å²) >= 11 is 0. The zero-order chi connectivity index (χ0) is 30.9. The minimum absolute atomic E-state index is 0.00205. The Balaban J connectivity index is 1.55. The molecule has 0 unspecified atom stereocenters. The van der Waals surface area contributed by atoms with E-state index in [1.54, 1.807) is 11.8 Å². The van der Waals surface area contributed by atoms with E-state index in [1.165, 1.54) is 16.8 Å². The molecule has 2 aromatic rings. The summed E-state index contributed by atoms with van der Waals surface area (Å²) in [6, 6.07) is 2.14. The van der Waals surface area contributed by atoms with E-state index in [-0.39, 0.29) is 37.0 Å². The molecule has 1 spiro atoms. The molecule has 1 N–H and O–H groups in total. The number of halogens is 2. The first-order valence-electron chi connectivity index (χ1n) is 14.0. The van der Waals surface area contributed by atoms with Crippen LogP contribution in [-0.4, -0.2) is 64.7 Å². The van der Waals surface area contributed by atoms with Crippen LogP contribution in [0.5, 0.6) is 5.75 Å². The van der Waals surface area contributed by atoms with E-state index >= 15 is 0 Å². The average Bonchev–Trinajstić information content (AvgIpc) is 3.30. The van der Waals surface area contributed by atoms with Crippen LogP contribution in [0.1, 0.15) is 78.9 Å². The van der Waals surface area contributed by atoms with Crippen molar-refractivity contribution >= 4 is 23.7 Å². The van der Waals surface area contributed by atoms with Gasteiger partial charge >= 0.3 is 6.16 Å². The van der Waals surface area contributed by atoms with E-state index < -0.39 is 64.8 Å². The highest BCUT2D eigenvalue weighted by molar-refractivity contribution is 5.99.